The highest BCUT2D eigenvalue weighted by atomic mass is 16.6. The van der Waals surface area contributed by atoms with Crippen molar-refractivity contribution in [1.82, 2.24) is 9.88 Å². The van der Waals surface area contributed by atoms with Crippen LogP contribution < -0.4 is 4.74 Å². The van der Waals surface area contributed by atoms with Crippen molar-refractivity contribution in [2.75, 3.05) is 39.5 Å². The van der Waals surface area contributed by atoms with Crippen LogP contribution in [0.5, 0.6) is 5.75 Å². The molecule has 1 spiro atoms. The number of hydrogen-bond donors (Lipinski definition) is 0. The van der Waals surface area contributed by atoms with Crippen LogP contribution in [0, 0.1) is 5.92 Å². The van der Waals surface area contributed by atoms with Gasteiger partial charge in [0.15, 0.2) is 0 Å². The number of ether oxygens (including phenoxy) is 3. The summed E-state index contributed by atoms with van der Waals surface area (Å²) in [5.41, 5.74) is -0.00368. The van der Waals surface area contributed by atoms with E-state index in [2.05, 4.69) is 9.88 Å². The van der Waals surface area contributed by atoms with Gasteiger partial charge in [-0.05, 0) is 50.3 Å². The Kier molecular flexibility index (Phi) is 5.01. The monoisotopic (exact) mass is 332 g/mol. The number of hydrogen-bond acceptors (Lipinski definition) is 5. The molecule has 1 aromatic rings. The lowest BCUT2D eigenvalue weighted by atomic mass is 9.88. The SMILES string of the molecule is c1cncc(OC2COC3(CCCN(CC4CCOCC4)C3)C2)c1. The molecule has 2 atom stereocenters. The zero-order valence-electron chi connectivity index (χ0n) is 14.4. The first kappa shape index (κ1) is 16.3. The summed E-state index contributed by atoms with van der Waals surface area (Å²) >= 11 is 0. The Morgan fingerprint density at radius 2 is 2.25 bits per heavy atom. The molecule has 0 amide bonds. The van der Waals surface area contributed by atoms with Crippen LogP contribution in [-0.4, -0.2) is 61.0 Å². The molecule has 1 aromatic heterocycles. The van der Waals surface area contributed by atoms with Crippen molar-refractivity contribution in [2.24, 2.45) is 5.92 Å². The molecule has 0 aliphatic carbocycles. The number of nitrogens with zero attached hydrogens (tertiary/aromatic N) is 2. The summed E-state index contributed by atoms with van der Waals surface area (Å²) in [6, 6.07) is 3.88. The van der Waals surface area contributed by atoms with Crippen molar-refractivity contribution in [1.29, 1.82) is 0 Å². The molecule has 0 aromatic carbocycles. The maximum Gasteiger partial charge on any atom is 0.138 e. The van der Waals surface area contributed by atoms with Crippen molar-refractivity contribution in [3.05, 3.63) is 24.5 Å². The molecule has 2 unspecified atom stereocenters. The molecule has 0 N–H and O–H groups in total. The Hall–Kier alpha value is -1.17. The second-order valence-corrected chi connectivity index (χ2v) is 7.52. The zero-order chi connectivity index (χ0) is 16.2. The topological polar surface area (TPSA) is 43.8 Å². The molecule has 0 saturated carbocycles. The third kappa shape index (κ3) is 3.90. The maximum absolute atomic E-state index is 6.27. The van der Waals surface area contributed by atoms with Gasteiger partial charge >= 0.3 is 0 Å². The Morgan fingerprint density at radius 1 is 1.33 bits per heavy atom. The highest BCUT2D eigenvalue weighted by Gasteiger charge is 2.44. The van der Waals surface area contributed by atoms with Crippen LogP contribution in [0.25, 0.3) is 0 Å². The van der Waals surface area contributed by atoms with Gasteiger partial charge in [0.25, 0.3) is 0 Å². The highest BCUT2D eigenvalue weighted by molar-refractivity contribution is 5.16. The van der Waals surface area contributed by atoms with E-state index < -0.39 is 0 Å². The van der Waals surface area contributed by atoms with Crippen molar-refractivity contribution < 1.29 is 14.2 Å². The van der Waals surface area contributed by atoms with E-state index in [0.29, 0.717) is 6.61 Å². The lowest BCUT2D eigenvalue weighted by Crippen LogP contribution is -2.49. The summed E-state index contributed by atoms with van der Waals surface area (Å²) in [5, 5.41) is 0. The summed E-state index contributed by atoms with van der Waals surface area (Å²) in [5.74, 6) is 1.63. The lowest BCUT2D eigenvalue weighted by molar-refractivity contribution is -0.0584. The van der Waals surface area contributed by atoms with E-state index in [1.807, 2.05) is 12.1 Å². The molecule has 3 fully saturated rings. The maximum atomic E-state index is 6.27. The van der Waals surface area contributed by atoms with Crippen LogP contribution >= 0.6 is 0 Å². The normalized spacial score (nSPS) is 32.2. The second-order valence-electron chi connectivity index (χ2n) is 7.52. The standard InChI is InChI=1S/C19H28N2O3/c1-3-17(12-20-7-1)24-18-11-19(23-14-18)6-2-8-21(15-19)13-16-4-9-22-10-5-16/h1,3,7,12,16,18H,2,4-6,8-11,13-15H2. The minimum Gasteiger partial charge on any atom is -0.486 e. The van der Waals surface area contributed by atoms with Gasteiger partial charge in [-0.3, -0.25) is 4.98 Å². The van der Waals surface area contributed by atoms with E-state index in [1.165, 1.54) is 32.4 Å². The fourth-order valence-electron chi connectivity index (χ4n) is 4.41. The van der Waals surface area contributed by atoms with Crippen LogP contribution in [0.1, 0.15) is 32.1 Å². The number of rotatable bonds is 4. The smallest absolute Gasteiger partial charge is 0.138 e. The summed E-state index contributed by atoms with van der Waals surface area (Å²) in [4.78, 5) is 6.74. The first-order valence-corrected chi connectivity index (χ1v) is 9.32. The molecule has 132 valence electrons. The van der Waals surface area contributed by atoms with Gasteiger partial charge in [-0.15, -0.1) is 0 Å². The first-order chi connectivity index (χ1) is 11.8. The number of piperidine rings is 1. The first-order valence-electron chi connectivity index (χ1n) is 9.32. The third-order valence-electron chi connectivity index (χ3n) is 5.59. The number of likely N-dealkylation sites (tertiary alicyclic amines) is 1. The van der Waals surface area contributed by atoms with Crippen LogP contribution in [-0.2, 0) is 9.47 Å². The van der Waals surface area contributed by atoms with Crippen LogP contribution in [0.2, 0.25) is 0 Å². The summed E-state index contributed by atoms with van der Waals surface area (Å²) < 4.78 is 17.8. The highest BCUT2D eigenvalue weighted by Crippen LogP contribution is 2.36. The van der Waals surface area contributed by atoms with Gasteiger partial charge in [-0.1, -0.05) is 0 Å². The van der Waals surface area contributed by atoms with E-state index in [-0.39, 0.29) is 11.7 Å². The quantitative estimate of drug-likeness (QED) is 0.848. The molecular formula is C19H28N2O3. The van der Waals surface area contributed by atoms with Gasteiger partial charge in [-0.25, -0.2) is 0 Å². The van der Waals surface area contributed by atoms with Gasteiger partial charge in [0, 0.05) is 38.9 Å². The number of pyridine rings is 1. The average Bonchev–Trinajstić information content (AvgIpc) is 2.98. The molecule has 3 aliphatic rings. The zero-order valence-corrected chi connectivity index (χ0v) is 14.4. The van der Waals surface area contributed by atoms with Crippen LogP contribution in [0.15, 0.2) is 24.5 Å². The third-order valence-corrected chi connectivity index (χ3v) is 5.59. The average molecular weight is 332 g/mol. The van der Waals surface area contributed by atoms with Gasteiger partial charge in [-0.2, -0.15) is 0 Å². The van der Waals surface area contributed by atoms with Gasteiger partial charge in [0.05, 0.1) is 18.4 Å². The van der Waals surface area contributed by atoms with Gasteiger partial charge in [0.1, 0.15) is 11.9 Å². The molecule has 5 heteroatoms. The van der Waals surface area contributed by atoms with Crippen LogP contribution in [0.3, 0.4) is 0 Å². The molecule has 3 saturated heterocycles. The molecule has 5 nitrogen and oxygen atoms in total. The largest absolute Gasteiger partial charge is 0.486 e. The summed E-state index contributed by atoms with van der Waals surface area (Å²) in [6.07, 6.45) is 9.49. The Labute approximate surface area is 144 Å². The minimum absolute atomic E-state index is 0.00368. The van der Waals surface area contributed by atoms with Crippen molar-refractivity contribution >= 4 is 0 Å². The van der Waals surface area contributed by atoms with E-state index in [0.717, 1.165) is 44.3 Å². The Bertz CT molecular complexity index is 521. The number of aromatic nitrogens is 1. The summed E-state index contributed by atoms with van der Waals surface area (Å²) in [7, 11) is 0. The summed E-state index contributed by atoms with van der Waals surface area (Å²) in [6.45, 7) is 6.01. The molecular weight excluding hydrogens is 304 g/mol. The second kappa shape index (κ2) is 7.38. The van der Waals surface area contributed by atoms with E-state index in [9.17, 15) is 0 Å². The molecule has 24 heavy (non-hydrogen) atoms. The molecule has 3 aliphatic heterocycles. The molecule has 4 rings (SSSR count). The predicted octanol–water partition coefficient (Wildman–Crippen LogP) is 2.51. The lowest BCUT2D eigenvalue weighted by Gasteiger charge is -2.41. The molecule has 0 radical (unpaired) electrons. The van der Waals surface area contributed by atoms with E-state index >= 15 is 0 Å². The predicted molar refractivity (Wildman–Crippen MR) is 91.2 cm³/mol. The van der Waals surface area contributed by atoms with E-state index in [1.54, 1.807) is 12.4 Å². The Balaban J connectivity index is 1.31. The fraction of sp³-hybridized carbons (Fsp3) is 0.737. The Morgan fingerprint density at radius 3 is 3.08 bits per heavy atom. The van der Waals surface area contributed by atoms with Gasteiger partial charge in [0.2, 0.25) is 0 Å². The van der Waals surface area contributed by atoms with Gasteiger partial charge < -0.3 is 19.1 Å². The molecule has 0 bridgehead atoms. The van der Waals surface area contributed by atoms with E-state index in [4.69, 9.17) is 14.2 Å². The van der Waals surface area contributed by atoms with Crippen molar-refractivity contribution in [2.45, 2.75) is 43.8 Å². The molecule has 4 heterocycles. The van der Waals surface area contributed by atoms with Crippen molar-refractivity contribution in [3.8, 4) is 5.75 Å². The van der Waals surface area contributed by atoms with Crippen LogP contribution in [0.4, 0.5) is 0 Å². The fourth-order valence-corrected chi connectivity index (χ4v) is 4.41. The minimum atomic E-state index is -0.00368. The van der Waals surface area contributed by atoms with Crippen molar-refractivity contribution in [3.63, 3.8) is 0 Å².